The molecule has 0 radical (unpaired) electrons. The second-order valence-electron chi connectivity index (χ2n) is 5.56. The zero-order chi connectivity index (χ0) is 16.9. The lowest BCUT2D eigenvalue weighted by Crippen LogP contribution is -2.38. The Morgan fingerprint density at radius 2 is 1.83 bits per heavy atom. The lowest BCUT2D eigenvalue weighted by Gasteiger charge is -2.13. The summed E-state index contributed by atoms with van der Waals surface area (Å²) in [5.74, 6) is -0.252. The van der Waals surface area contributed by atoms with E-state index in [1.54, 1.807) is 31.2 Å². The first-order chi connectivity index (χ1) is 11.7. The summed E-state index contributed by atoms with van der Waals surface area (Å²) in [6, 6.07) is 16.1. The van der Waals surface area contributed by atoms with Gasteiger partial charge < -0.3 is 5.32 Å². The molecule has 1 atom stereocenters. The number of carbonyl (C=O) groups is 1. The van der Waals surface area contributed by atoms with Crippen LogP contribution in [-0.4, -0.2) is 27.4 Å². The standard InChI is InChI=1S/C18H18N4O2/c1-13(17(23)19-12-11-14-7-3-2-4-8-14)22-18(24)15-9-5-6-10-16(15)20-21-22/h2-10,13H,11-12H2,1H3,(H,19,23). The maximum atomic E-state index is 12.5. The van der Waals surface area contributed by atoms with Crippen molar-refractivity contribution in [1.82, 2.24) is 20.3 Å². The lowest BCUT2D eigenvalue weighted by atomic mass is 10.1. The third-order valence-corrected chi connectivity index (χ3v) is 3.89. The summed E-state index contributed by atoms with van der Waals surface area (Å²) >= 11 is 0. The molecule has 1 unspecified atom stereocenters. The molecule has 1 aromatic heterocycles. The molecule has 3 aromatic rings. The Labute approximate surface area is 139 Å². The maximum absolute atomic E-state index is 12.5. The molecule has 0 aliphatic heterocycles. The molecule has 1 N–H and O–H groups in total. The number of carbonyl (C=O) groups excluding carboxylic acids is 1. The number of hydrogen-bond acceptors (Lipinski definition) is 4. The molecule has 6 heteroatoms. The van der Waals surface area contributed by atoms with Crippen LogP contribution in [0, 0.1) is 0 Å². The van der Waals surface area contributed by atoms with Gasteiger partial charge in [0.2, 0.25) is 5.91 Å². The molecule has 6 nitrogen and oxygen atoms in total. The molecule has 3 rings (SSSR count). The number of hydrogen-bond donors (Lipinski definition) is 1. The van der Waals surface area contributed by atoms with Gasteiger partial charge in [0.15, 0.2) is 0 Å². The number of fused-ring (bicyclic) bond motifs is 1. The molecule has 0 aliphatic carbocycles. The van der Waals surface area contributed by atoms with E-state index in [4.69, 9.17) is 0 Å². The summed E-state index contributed by atoms with van der Waals surface area (Å²) in [5.41, 5.74) is 1.36. The topological polar surface area (TPSA) is 76.9 Å². The molecule has 0 spiro atoms. The van der Waals surface area contributed by atoms with Crippen LogP contribution in [0.5, 0.6) is 0 Å². The number of aromatic nitrogens is 3. The van der Waals surface area contributed by atoms with Gasteiger partial charge in [-0.05, 0) is 31.0 Å². The smallest absolute Gasteiger partial charge is 0.278 e. The summed E-state index contributed by atoms with van der Waals surface area (Å²) in [4.78, 5) is 24.7. The fourth-order valence-corrected chi connectivity index (χ4v) is 2.49. The van der Waals surface area contributed by atoms with Crippen molar-refractivity contribution in [2.24, 2.45) is 0 Å². The molecule has 0 saturated heterocycles. The van der Waals surface area contributed by atoms with Crippen LogP contribution in [0.3, 0.4) is 0 Å². The molecule has 122 valence electrons. The Morgan fingerprint density at radius 1 is 1.12 bits per heavy atom. The van der Waals surface area contributed by atoms with Crippen molar-refractivity contribution in [2.75, 3.05) is 6.54 Å². The molecule has 0 saturated carbocycles. The third kappa shape index (κ3) is 3.32. The van der Waals surface area contributed by atoms with E-state index in [1.807, 2.05) is 30.3 Å². The van der Waals surface area contributed by atoms with Crippen molar-refractivity contribution >= 4 is 16.8 Å². The Morgan fingerprint density at radius 3 is 2.62 bits per heavy atom. The van der Waals surface area contributed by atoms with E-state index in [0.29, 0.717) is 17.4 Å². The summed E-state index contributed by atoms with van der Waals surface area (Å²) in [7, 11) is 0. The summed E-state index contributed by atoms with van der Waals surface area (Å²) in [6.45, 7) is 2.14. The predicted molar refractivity (Wildman–Crippen MR) is 91.7 cm³/mol. The van der Waals surface area contributed by atoms with E-state index in [1.165, 1.54) is 0 Å². The highest BCUT2D eigenvalue weighted by atomic mass is 16.2. The van der Waals surface area contributed by atoms with Gasteiger partial charge in [0.1, 0.15) is 11.6 Å². The van der Waals surface area contributed by atoms with Crippen molar-refractivity contribution in [3.05, 3.63) is 70.5 Å². The van der Waals surface area contributed by atoms with Crippen LogP contribution in [0.15, 0.2) is 59.4 Å². The highest BCUT2D eigenvalue weighted by Gasteiger charge is 2.18. The fraction of sp³-hybridized carbons (Fsp3) is 0.222. The van der Waals surface area contributed by atoms with E-state index >= 15 is 0 Å². The maximum Gasteiger partial charge on any atom is 0.278 e. The largest absolute Gasteiger partial charge is 0.354 e. The van der Waals surface area contributed by atoms with E-state index in [9.17, 15) is 9.59 Å². The first-order valence-electron chi connectivity index (χ1n) is 7.82. The highest BCUT2D eigenvalue weighted by molar-refractivity contribution is 5.81. The predicted octanol–water partition coefficient (Wildman–Crippen LogP) is 1.71. The summed E-state index contributed by atoms with van der Waals surface area (Å²) < 4.78 is 1.13. The first-order valence-corrected chi connectivity index (χ1v) is 7.82. The third-order valence-electron chi connectivity index (χ3n) is 3.89. The van der Waals surface area contributed by atoms with Gasteiger partial charge in [-0.1, -0.05) is 47.7 Å². The normalized spacial score (nSPS) is 12.0. The van der Waals surface area contributed by atoms with Gasteiger partial charge in [-0.2, -0.15) is 4.68 Å². The number of rotatable bonds is 5. The van der Waals surface area contributed by atoms with E-state index in [-0.39, 0.29) is 11.5 Å². The molecular formula is C18H18N4O2. The number of amides is 1. The van der Waals surface area contributed by atoms with Crippen molar-refractivity contribution in [3.63, 3.8) is 0 Å². The molecule has 0 bridgehead atoms. The van der Waals surface area contributed by atoms with Crippen LogP contribution >= 0.6 is 0 Å². The first kappa shape index (κ1) is 15.9. The average Bonchev–Trinajstić information content (AvgIpc) is 2.62. The molecule has 0 fully saturated rings. The highest BCUT2D eigenvalue weighted by Crippen LogP contribution is 2.07. The van der Waals surface area contributed by atoms with E-state index < -0.39 is 6.04 Å². The number of benzene rings is 2. The van der Waals surface area contributed by atoms with Gasteiger partial charge in [-0.15, -0.1) is 5.10 Å². The second-order valence-corrected chi connectivity index (χ2v) is 5.56. The van der Waals surface area contributed by atoms with Crippen LogP contribution in [-0.2, 0) is 11.2 Å². The summed E-state index contributed by atoms with van der Waals surface area (Å²) in [6.07, 6.45) is 0.734. The Bertz CT molecular complexity index is 906. The van der Waals surface area contributed by atoms with Crippen molar-refractivity contribution in [1.29, 1.82) is 0 Å². The van der Waals surface area contributed by atoms with Gasteiger partial charge in [0.25, 0.3) is 5.56 Å². The number of nitrogens with zero attached hydrogens (tertiary/aromatic N) is 3. The lowest BCUT2D eigenvalue weighted by molar-refractivity contribution is -0.124. The van der Waals surface area contributed by atoms with Crippen LogP contribution in [0.25, 0.3) is 10.9 Å². The Kier molecular flexibility index (Phi) is 4.65. The zero-order valence-electron chi connectivity index (χ0n) is 13.3. The van der Waals surface area contributed by atoms with Crippen molar-refractivity contribution in [2.45, 2.75) is 19.4 Å². The Balaban J connectivity index is 1.69. The monoisotopic (exact) mass is 322 g/mol. The van der Waals surface area contributed by atoms with Crippen LogP contribution < -0.4 is 10.9 Å². The molecule has 0 aliphatic rings. The van der Waals surface area contributed by atoms with E-state index in [0.717, 1.165) is 16.7 Å². The zero-order valence-corrected chi connectivity index (χ0v) is 13.3. The SMILES string of the molecule is CC(C(=O)NCCc1ccccc1)n1nnc2ccccc2c1=O. The van der Waals surface area contributed by atoms with Crippen molar-refractivity contribution in [3.8, 4) is 0 Å². The van der Waals surface area contributed by atoms with Gasteiger partial charge in [-0.3, -0.25) is 9.59 Å². The average molecular weight is 322 g/mol. The quantitative estimate of drug-likeness (QED) is 0.776. The van der Waals surface area contributed by atoms with Crippen LogP contribution in [0.4, 0.5) is 0 Å². The minimum atomic E-state index is -0.717. The Hall–Kier alpha value is -3.02. The molecule has 1 amide bonds. The van der Waals surface area contributed by atoms with Gasteiger partial charge in [0.05, 0.1) is 5.39 Å². The van der Waals surface area contributed by atoms with Gasteiger partial charge in [-0.25, -0.2) is 0 Å². The summed E-state index contributed by atoms with van der Waals surface area (Å²) in [5, 5.41) is 11.2. The van der Waals surface area contributed by atoms with E-state index in [2.05, 4.69) is 15.6 Å². The fourth-order valence-electron chi connectivity index (χ4n) is 2.49. The van der Waals surface area contributed by atoms with Crippen LogP contribution in [0.1, 0.15) is 18.5 Å². The van der Waals surface area contributed by atoms with Gasteiger partial charge >= 0.3 is 0 Å². The molecule has 1 heterocycles. The molecule has 2 aromatic carbocycles. The molecular weight excluding hydrogens is 304 g/mol. The van der Waals surface area contributed by atoms with Gasteiger partial charge in [0, 0.05) is 6.54 Å². The second kappa shape index (κ2) is 7.04. The molecule has 24 heavy (non-hydrogen) atoms. The van der Waals surface area contributed by atoms with Crippen LogP contribution in [0.2, 0.25) is 0 Å². The minimum Gasteiger partial charge on any atom is -0.354 e. The number of nitrogens with one attached hydrogen (secondary N) is 1. The van der Waals surface area contributed by atoms with Crippen molar-refractivity contribution < 1.29 is 4.79 Å². The minimum absolute atomic E-state index is 0.252.